The lowest BCUT2D eigenvalue weighted by atomic mass is 9.61. The second-order valence-electron chi connectivity index (χ2n) is 7.82. The van der Waals surface area contributed by atoms with Crippen molar-refractivity contribution in [2.24, 2.45) is 17.3 Å². The maximum Gasteiger partial charge on any atom is 0.311 e. The molecule has 0 radical (unpaired) electrons. The molecule has 23 heavy (non-hydrogen) atoms. The van der Waals surface area contributed by atoms with E-state index in [1.165, 1.54) is 24.7 Å². The van der Waals surface area contributed by atoms with Crippen LogP contribution < -0.4 is 0 Å². The van der Waals surface area contributed by atoms with Gasteiger partial charge in [-0.1, -0.05) is 57.9 Å². The monoisotopic (exact) mass is 316 g/mol. The third-order valence-electron chi connectivity index (χ3n) is 5.87. The van der Waals surface area contributed by atoms with Gasteiger partial charge in [0.15, 0.2) is 0 Å². The Morgan fingerprint density at radius 1 is 1.39 bits per heavy atom. The zero-order valence-corrected chi connectivity index (χ0v) is 15.4. The van der Waals surface area contributed by atoms with Crippen LogP contribution >= 0.6 is 0 Å². The molecule has 1 aliphatic rings. The third kappa shape index (κ3) is 3.97. The fourth-order valence-corrected chi connectivity index (χ4v) is 4.33. The van der Waals surface area contributed by atoms with Crippen LogP contribution in [0.15, 0.2) is 24.3 Å². The minimum Gasteiger partial charge on any atom is -0.469 e. The van der Waals surface area contributed by atoms with Crippen LogP contribution in [-0.4, -0.2) is 13.1 Å². The molecular formula is C21H32O2. The first-order valence-corrected chi connectivity index (χ1v) is 9.05. The van der Waals surface area contributed by atoms with Gasteiger partial charge < -0.3 is 4.74 Å². The van der Waals surface area contributed by atoms with Gasteiger partial charge in [0.2, 0.25) is 0 Å². The van der Waals surface area contributed by atoms with Crippen LogP contribution in [0.1, 0.15) is 70.4 Å². The molecule has 0 amide bonds. The number of esters is 1. The fraction of sp³-hybridized carbons (Fsp3) is 0.667. The average molecular weight is 316 g/mol. The summed E-state index contributed by atoms with van der Waals surface area (Å²) in [5, 5.41) is 0. The first-order chi connectivity index (χ1) is 10.9. The first-order valence-electron chi connectivity index (χ1n) is 9.05. The topological polar surface area (TPSA) is 26.3 Å². The molecule has 2 rings (SSSR count). The van der Waals surface area contributed by atoms with Crippen LogP contribution in [0.3, 0.4) is 0 Å². The van der Waals surface area contributed by atoms with Crippen molar-refractivity contribution in [3.8, 4) is 0 Å². The van der Waals surface area contributed by atoms with Crippen molar-refractivity contribution in [3.63, 3.8) is 0 Å². The number of carbonyl (C=O) groups excluding carboxylic acids is 1. The SMILES string of the molecule is COC(=O)[C@]1(C)CCC[C@H](C)[C@@H]1CCc1cccc(C(C)C)c1. The van der Waals surface area contributed by atoms with Gasteiger partial charge in [0.05, 0.1) is 12.5 Å². The Kier molecular flexibility index (Phi) is 5.89. The predicted octanol–water partition coefficient (Wildman–Crippen LogP) is 5.36. The van der Waals surface area contributed by atoms with E-state index >= 15 is 0 Å². The molecule has 0 unspecified atom stereocenters. The lowest BCUT2D eigenvalue weighted by Crippen LogP contribution is -2.43. The van der Waals surface area contributed by atoms with E-state index in [4.69, 9.17) is 4.74 Å². The Morgan fingerprint density at radius 3 is 2.78 bits per heavy atom. The summed E-state index contributed by atoms with van der Waals surface area (Å²) in [5.74, 6) is 1.53. The number of benzene rings is 1. The Labute approximate surface area is 141 Å². The molecule has 128 valence electrons. The number of carbonyl (C=O) groups is 1. The number of hydrogen-bond acceptors (Lipinski definition) is 2. The highest BCUT2D eigenvalue weighted by molar-refractivity contribution is 5.76. The highest BCUT2D eigenvalue weighted by atomic mass is 16.5. The molecule has 0 aliphatic heterocycles. The zero-order valence-electron chi connectivity index (χ0n) is 15.4. The number of aryl methyl sites for hydroxylation is 1. The molecule has 1 aromatic carbocycles. The number of rotatable bonds is 5. The molecule has 0 heterocycles. The molecule has 0 aromatic heterocycles. The van der Waals surface area contributed by atoms with Gasteiger partial charge in [-0.15, -0.1) is 0 Å². The summed E-state index contributed by atoms with van der Waals surface area (Å²) in [5.41, 5.74) is 2.47. The highest BCUT2D eigenvalue weighted by Gasteiger charge is 2.46. The number of ether oxygens (including phenoxy) is 1. The van der Waals surface area contributed by atoms with Gasteiger partial charge in [0.25, 0.3) is 0 Å². The van der Waals surface area contributed by atoms with Crippen molar-refractivity contribution >= 4 is 5.97 Å². The van der Waals surface area contributed by atoms with Crippen LogP contribution in [0.2, 0.25) is 0 Å². The van der Waals surface area contributed by atoms with Crippen molar-refractivity contribution in [1.29, 1.82) is 0 Å². The van der Waals surface area contributed by atoms with E-state index in [1.807, 2.05) is 0 Å². The van der Waals surface area contributed by atoms with Crippen molar-refractivity contribution in [2.45, 2.75) is 65.7 Å². The summed E-state index contributed by atoms with van der Waals surface area (Å²) in [6.45, 7) is 8.88. The van der Waals surface area contributed by atoms with Crippen LogP contribution in [0, 0.1) is 17.3 Å². The van der Waals surface area contributed by atoms with Gasteiger partial charge in [0, 0.05) is 0 Å². The number of hydrogen-bond donors (Lipinski definition) is 0. The summed E-state index contributed by atoms with van der Waals surface area (Å²) in [4.78, 5) is 12.4. The molecule has 0 N–H and O–H groups in total. The van der Waals surface area contributed by atoms with Gasteiger partial charge in [-0.3, -0.25) is 4.79 Å². The van der Waals surface area contributed by atoms with Gasteiger partial charge >= 0.3 is 5.97 Å². The van der Waals surface area contributed by atoms with Gasteiger partial charge in [-0.25, -0.2) is 0 Å². The second-order valence-corrected chi connectivity index (χ2v) is 7.82. The van der Waals surface area contributed by atoms with Crippen LogP contribution in [0.5, 0.6) is 0 Å². The van der Waals surface area contributed by atoms with E-state index < -0.39 is 0 Å². The second kappa shape index (κ2) is 7.51. The molecule has 0 bridgehead atoms. The molecule has 1 aromatic rings. The average Bonchev–Trinajstić information content (AvgIpc) is 2.53. The summed E-state index contributed by atoms with van der Waals surface area (Å²) in [6.07, 6.45) is 5.42. The lowest BCUT2D eigenvalue weighted by Gasteiger charge is -2.43. The zero-order chi connectivity index (χ0) is 17.0. The van der Waals surface area contributed by atoms with Crippen molar-refractivity contribution in [3.05, 3.63) is 35.4 Å². The minimum absolute atomic E-state index is 0.0232. The Balaban J connectivity index is 2.12. The largest absolute Gasteiger partial charge is 0.469 e. The Bertz CT molecular complexity index is 534. The van der Waals surface area contributed by atoms with Gasteiger partial charge in [-0.05, 0) is 55.1 Å². The third-order valence-corrected chi connectivity index (χ3v) is 5.87. The molecule has 0 saturated heterocycles. The van der Waals surface area contributed by atoms with E-state index in [1.54, 1.807) is 0 Å². The summed E-state index contributed by atoms with van der Waals surface area (Å²) >= 11 is 0. The Hall–Kier alpha value is -1.31. The lowest BCUT2D eigenvalue weighted by molar-refractivity contribution is -0.159. The summed E-state index contributed by atoms with van der Waals surface area (Å²) in [7, 11) is 1.52. The molecule has 3 atom stereocenters. The standard InChI is InChI=1S/C21H32O2/c1-15(2)18-10-6-9-17(14-18)11-12-19-16(3)8-7-13-21(19,4)20(22)23-5/h6,9-10,14-16,19H,7-8,11-13H2,1-5H3/t16-,19-,21+/m0/s1. The molecule has 0 spiro atoms. The number of methoxy groups -OCH3 is 1. The molecule has 2 nitrogen and oxygen atoms in total. The van der Waals surface area contributed by atoms with Crippen LogP contribution in [0.4, 0.5) is 0 Å². The molecule has 1 aliphatic carbocycles. The smallest absolute Gasteiger partial charge is 0.311 e. The van der Waals surface area contributed by atoms with Crippen LogP contribution in [0.25, 0.3) is 0 Å². The Morgan fingerprint density at radius 2 is 2.13 bits per heavy atom. The highest BCUT2D eigenvalue weighted by Crippen LogP contribution is 2.47. The predicted molar refractivity (Wildman–Crippen MR) is 95.5 cm³/mol. The van der Waals surface area contributed by atoms with E-state index in [9.17, 15) is 4.79 Å². The minimum atomic E-state index is -0.317. The summed E-state index contributed by atoms with van der Waals surface area (Å²) < 4.78 is 5.13. The van der Waals surface area contributed by atoms with E-state index in [2.05, 4.69) is 52.0 Å². The van der Waals surface area contributed by atoms with Crippen molar-refractivity contribution < 1.29 is 9.53 Å². The fourth-order valence-electron chi connectivity index (χ4n) is 4.33. The van der Waals surface area contributed by atoms with Crippen LogP contribution in [-0.2, 0) is 16.0 Å². The molecule has 1 saturated carbocycles. The van der Waals surface area contributed by atoms with Crippen molar-refractivity contribution in [2.75, 3.05) is 7.11 Å². The molecule has 1 fully saturated rings. The molecule has 2 heteroatoms. The molecular weight excluding hydrogens is 284 g/mol. The maximum atomic E-state index is 12.4. The maximum absolute atomic E-state index is 12.4. The van der Waals surface area contributed by atoms with Gasteiger partial charge in [0.1, 0.15) is 0 Å². The summed E-state index contributed by atoms with van der Waals surface area (Å²) in [6, 6.07) is 8.91. The normalized spacial score (nSPS) is 27.9. The van der Waals surface area contributed by atoms with Crippen molar-refractivity contribution in [1.82, 2.24) is 0 Å². The quantitative estimate of drug-likeness (QED) is 0.684. The van der Waals surface area contributed by atoms with E-state index in [0.29, 0.717) is 17.8 Å². The van der Waals surface area contributed by atoms with E-state index in [-0.39, 0.29) is 11.4 Å². The van der Waals surface area contributed by atoms with E-state index in [0.717, 1.165) is 25.7 Å². The van der Waals surface area contributed by atoms with Gasteiger partial charge in [-0.2, -0.15) is 0 Å². The first kappa shape index (κ1) is 18.0.